The molecular weight excluding hydrogens is 394 g/mol. The number of aromatic nitrogens is 4. The first kappa shape index (κ1) is 20.6. The lowest BCUT2D eigenvalue weighted by atomic mass is 10.2. The second kappa shape index (κ2) is 9.40. The molecule has 3 aromatic rings. The van der Waals surface area contributed by atoms with Crippen LogP contribution in [0.25, 0.3) is 0 Å². The molecule has 1 aliphatic heterocycles. The van der Waals surface area contributed by atoms with Crippen molar-refractivity contribution < 1.29 is 0 Å². The zero-order valence-electron chi connectivity index (χ0n) is 17.7. The highest BCUT2D eigenvalue weighted by Gasteiger charge is 2.19. The van der Waals surface area contributed by atoms with Crippen molar-refractivity contribution in [3.05, 3.63) is 65.7 Å². The molecule has 0 bridgehead atoms. The monoisotopic (exact) mass is 423 g/mol. The van der Waals surface area contributed by atoms with Gasteiger partial charge < -0.3 is 10.2 Å². The quantitative estimate of drug-likeness (QED) is 0.615. The van der Waals surface area contributed by atoms with Gasteiger partial charge in [0.2, 0.25) is 0 Å². The maximum absolute atomic E-state index is 5.65. The van der Waals surface area contributed by atoms with Crippen LogP contribution in [-0.4, -0.2) is 60.7 Å². The van der Waals surface area contributed by atoms with E-state index in [-0.39, 0.29) is 0 Å². The summed E-state index contributed by atoms with van der Waals surface area (Å²) < 4.78 is 3.93. The van der Waals surface area contributed by atoms with Crippen molar-refractivity contribution in [2.75, 3.05) is 31.5 Å². The van der Waals surface area contributed by atoms with Crippen LogP contribution in [0.5, 0.6) is 0 Å². The van der Waals surface area contributed by atoms with Gasteiger partial charge in [0.1, 0.15) is 0 Å². The topological polar surface area (TPSA) is 54.2 Å². The molecule has 158 valence electrons. The fourth-order valence-corrected chi connectivity index (χ4v) is 4.10. The molecule has 0 aliphatic carbocycles. The minimum Gasteiger partial charge on any atom is -0.346 e. The van der Waals surface area contributed by atoms with Crippen LogP contribution in [0.3, 0.4) is 0 Å². The molecular formula is C22H29N7S. The molecule has 1 aromatic carbocycles. The summed E-state index contributed by atoms with van der Waals surface area (Å²) in [4.78, 5) is 4.72. The molecule has 0 radical (unpaired) electrons. The van der Waals surface area contributed by atoms with E-state index in [4.69, 9.17) is 12.2 Å². The summed E-state index contributed by atoms with van der Waals surface area (Å²) in [5.74, 6) is 0. The first-order valence-electron chi connectivity index (χ1n) is 10.5. The van der Waals surface area contributed by atoms with E-state index in [9.17, 15) is 0 Å². The third kappa shape index (κ3) is 4.88. The van der Waals surface area contributed by atoms with E-state index < -0.39 is 0 Å². The standard InChI is InChI=1S/C22H29N7S/c1-3-29-18(2)20(13-24-29)16-28-17-21(14-23-28)25-22(30)27-11-9-26(10-12-27)15-19-7-5-4-6-8-19/h4-8,13-14,17H,3,9-12,15-16H2,1-2H3,(H,25,30). The van der Waals surface area contributed by atoms with E-state index in [1.54, 1.807) is 0 Å². The highest BCUT2D eigenvalue weighted by molar-refractivity contribution is 7.80. The normalized spacial score (nSPS) is 14.8. The molecule has 0 amide bonds. The van der Waals surface area contributed by atoms with Crippen molar-refractivity contribution in [2.45, 2.75) is 33.5 Å². The Morgan fingerprint density at radius 1 is 1.03 bits per heavy atom. The maximum Gasteiger partial charge on any atom is 0.173 e. The Labute approximate surface area is 183 Å². The van der Waals surface area contributed by atoms with Crippen molar-refractivity contribution in [1.29, 1.82) is 0 Å². The second-order valence-corrected chi connectivity index (χ2v) is 8.06. The van der Waals surface area contributed by atoms with E-state index in [0.29, 0.717) is 6.54 Å². The third-order valence-electron chi connectivity index (χ3n) is 5.63. The fraction of sp³-hybridized carbons (Fsp3) is 0.409. The molecule has 8 heteroatoms. The SMILES string of the molecule is CCn1ncc(Cn2cc(NC(=S)N3CCN(Cc4ccccc4)CC3)cn2)c1C. The van der Waals surface area contributed by atoms with E-state index >= 15 is 0 Å². The van der Waals surface area contributed by atoms with Crippen LogP contribution in [0, 0.1) is 6.92 Å². The van der Waals surface area contributed by atoms with Gasteiger partial charge >= 0.3 is 0 Å². The predicted octanol–water partition coefficient (Wildman–Crippen LogP) is 2.97. The largest absolute Gasteiger partial charge is 0.346 e. The minimum atomic E-state index is 0.707. The van der Waals surface area contributed by atoms with Crippen LogP contribution in [0.2, 0.25) is 0 Å². The maximum atomic E-state index is 5.65. The number of hydrogen-bond donors (Lipinski definition) is 1. The van der Waals surface area contributed by atoms with Crippen molar-refractivity contribution in [3.8, 4) is 0 Å². The van der Waals surface area contributed by atoms with Gasteiger partial charge in [-0.25, -0.2) is 0 Å². The van der Waals surface area contributed by atoms with E-state index in [1.165, 1.54) is 16.8 Å². The molecule has 1 aliphatic rings. The Kier molecular flexibility index (Phi) is 6.44. The number of nitrogens with zero attached hydrogens (tertiary/aromatic N) is 6. The Balaban J connectivity index is 1.27. The number of aryl methyl sites for hydroxylation is 1. The number of piperazine rings is 1. The lowest BCUT2D eigenvalue weighted by molar-refractivity contribution is 0.177. The molecule has 1 N–H and O–H groups in total. The van der Waals surface area contributed by atoms with Gasteiger partial charge in [-0.2, -0.15) is 10.2 Å². The molecule has 1 saturated heterocycles. The van der Waals surface area contributed by atoms with Gasteiger partial charge in [-0.1, -0.05) is 30.3 Å². The Bertz CT molecular complexity index is 971. The van der Waals surface area contributed by atoms with Crippen molar-refractivity contribution in [2.24, 2.45) is 0 Å². The van der Waals surface area contributed by atoms with Gasteiger partial charge in [0.15, 0.2) is 5.11 Å². The summed E-state index contributed by atoms with van der Waals surface area (Å²) in [6, 6.07) is 10.6. The van der Waals surface area contributed by atoms with Crippen LogP contribution in [0.4, 0.5) is 5.69 Å². The average molecular weight is 424 g/mol. The van der Waals surface area contributed by atoms with Gasteiger partial charge in [-0.3, -0.25) is 14.3 Å². The molecule has 1 fully saturated rings. The fourth-order valence-electron chi connectivity index (χ4n) is 3.80. The molecule has 7 nitrogen and oxygen atoms in total. The van der Waals surface area contributed by atoms with Crippen molar-refractivity contribution in [1.82, 2.24) is 29.4 Å². The number of hydrogen-bond acceptors (Lipinski definition) is 4. The molecule has 2 aromatic heterocycles. The lowest BCUT2D eigenvalue weighted by Gasteiger charge is -2.36. The van der Waals surface area contributed by atoms with Gasteiger partial charge in [-0.15, -0.1) is 0 Å². The molecule has 0 atom stereocenters. The summed E-state index contributed by atoms with van der Waals surface area (Å²) in [6.45, 7) is 10.7. The predicted molar refractivity (Wildman–Crippen MR) is 123 cm³/mol. The number of rotatable bonds is 6. The molecule has 0 spiro atoms. The first-order chi connectivity index (χ1) is 14.6. The molecule has 0 unspecified atom stereocenters. The molecule has 3 heterocycles. The Morgan fingerprint density at radius 3 is 2.50 bits per heavy atom. The molecule has 30 heavy (non-hydrogen) atoms. The van der Waals surface area contributed by atoms with Gasteiger partial charge in [0.05, 0.1) is 24.6 Å². The number of nitrogens with one attached hydrogen (secondary N) is 1. The molecule has 4 rings (SSSR count). The zero-order chi connectivity index (χ0) is 20.9. The third-order valence-corrected chi connectivity index (χ3v) is 5.99. The Hall–Kier alpha value is -2.71. The van der Waals surface area contributed by atoms with Crippen molar-refractivity contribution >= 4 is 23.0 Å². The van der Waals surface area contributed by atoms with Gasteiger partial charge in [0.25, 0.3) is 0 Å². The van der Waals surface area contributed by atoms with Gasteiger partial charge in [0, 0.05) is 56.7 Å². The summed E-state index contributed by atoms with van der Waals surface area (Å²) in [7, 11) is 0. The van der Waals surface area contributed by atoms with Crippen LogP contribution in [-0.2, 0) is 19.6 Å². The van der Waals surface area contributed by atoms with Crippen molar-refractivity contribution in [3.63, 3.8) is 0 Å². The summed E-state index contributed by atoms with van der Waals surface area (Å²) in [6.07, 6.45) is 5.76. The summed E-state index contributed by atoms with van der Waals surface area (Å²) >= 11 is 5.65. The number of thiocarbonyl (C=S) groups is 1. The lowest BCUT2D eigenvalue weighted by Crippen LogP contribution is -2.49. The average Bonchev–Trinajstić information content (AvgIpc) is 3.35. The van der Waals surface area contributed by atoms with Crippen LogP contribution in [0.1, 0.15) is 23.7 Å². The molecule has 0 saturated carbocycles. The summed E-state index contributed by atoms with van der Waals surface area (Å²) in [5, 5.41) is 13.0. The highest BCUT2D eigenvalue weighted by Crippen LogP contribution is 2.14. The smallest absolute Gasteiger partial charge is 0.173 e. The van der Waals surface area contributed by atoms with Crippen LogP contribution in [0.15, 0.2) is 48.9 Å². The number of anilines is 1. The second-order valence-electron chi connectivity index (χ2n) is 7.68. The van der Waals surface area contributed by atoms with E-state index in [0.717, 1.165) is 50.1 Å². The Morgan fingerprint density at radius 2 is 1.80 bits per heavy atom. The first-order valence-corrected chi connectivity index (χ1v) is 10.9. The zero-order valence-corrected chi connectivity index (χ0v) is 18.5. The summed E-state index contributed by atoms with van der Waals surface area (Å²) in [5.41, 5.74) is 4.65. The van der Waals surface area contributed by atoms with Crippen LogP contribution < -0.4 is 5.32 Å². The van der Waals surface area contributed by atoms with Gasteiger partial charge in [-0.05, 0) is 31.6 Å². The van der Waals surface area contributed by atoms with E-state index in [2.05, 4.69) is 69.5 Å². The minimum absolute atomic E-state index is 0.707. The highest BCUT2D eigenvalue weighted by atomic mass is 32.1. The van der Waals surface area contributed by atoms with Crippen LogP contribution >= 0.6 is 12.2 Å². The number of benzene rings is 1. The van der Waals surface area contributed by atoms with E-state index in [1.807, 2.05) is 28.0 Å².